The van der Waals surface area contributed by atoms with Crippen molar-refractivity contribution in [2.24, 2.45) is 0 Å². The summed E-state index contributed by atoms with van der Waals surface area (Å²) in [6.07, 6.45) is 3.94. The van der Waals surface area contributed by atoms with Gasteiger partial charge in [0.25, 0.3) is 0 Å². The molecule has 0 saturated heterocycles. The summed E-state index contributed by atoms with van der Waals surface area (Å²) in [5.74, 6) is 1.70. The van der Waals surface area contributed by atoms with Crippen molar-refractivity contribution in [2.45, 2.75) is 24.4 Å². The molecule has 21 heavy (non-hydrogen) atoms. The molecule has 6 nitrogen and oxygen atoms in total. The number of nitrogen functional groups attached to an aromatic ring is 1. The molecule has 2 aromatic rings. The quantitative estimate of drug-likeness (QED) is 0.665. The van der Waals surface area contributed by atoms with E-state index in [1.165, 1.54) is 0 Å². The van der Waals surface area contributed by atoms with E-state index in [1.54, 1.807) is 30.2 Å². The van der Waals surface area contributed by atoms with Crippen molar-refractivity contribution in [3.05, 3.63) is 35.7 Å². The summed E-state index contributed by atoms with van der Waals surface area (Å²) >= 11 is 1.59. The number of carbonyl (C=O) groups excluding carboxylic acids is 1. The van der Waals surface area contributed by atoms with Gasteiger partial charge in [0.2, 0.25) is 5.91 Å². The number of nitrogens with one attached hydrogen (secondary N) is 1. The van der Waals surface area contributed by atoms with Gasteiger partial charge in [0.05, 0.1) is 0 Å². The third-order valence-electron chi connectivity index (χ3n) is 3.29. The fourth-order valence-electron chi connectivity index (χ4n) is 2.35. The van der Waals surface area contributed by atoms with E-state index in [-0.39, 0.29) is 11.8 Å². The molecule has 2 aromatic heterocycles. The van der Waals surface area contributed by atoms with E-state index < -0.39 is 0 Å². The second-order valence-electron chi connectivity index (χ2n) is 4.71. The van der Waals surface area contributed by atoms with Crippen LogP contribution in [0.4, 0.5) is 11.6 Å². The molecule has 0 radical (unpaired) electrons. The summed E-state index contributed by atoms with van der Waals surface area (Å²) in [4.78, 5) is 24.7. The second kappa shape index (κ2) is 5.69. The van der Waals surface area contributed by atoms with Crippen LogP contribution in [0, 0.1) is 0 Å². The number of carbonyl (C=O) groups is 1. The zero-order chi connectivity index (χ0) is 14.8. The highest BCUT2D eigenvalue weighted by atomic mass is 32.2. The Labute approximate surface area is 126 Å². The third kappa shape index (κ3) is 2.82. The largest absolute Gasteiger partial charge is 0.384 e. The summed E-state index contributed by atoms with van der Waals surface area (Å²) in [6, 6.07) is 3.64. The van der Waals surface area contributed by atoms with E-state index in [1.807, 2.05) is 6.07 Å². The van der Waals surface area contributed by atoms with E-state index in [0.29, 0.717) is 18.1 Å². The van der Waals surface area contributed by atoms with Crippen LogP contribution in [-0.4, -0.2) is 26.6 Å². The molecular weight excluding hydrogens is 286 g/mol. The van der Waals surface area contributed by atoms with Gasteiger partial charge in [-0.1, -0.05) is 24.8 Å². The number of hydrogen-bond donors (Lipinski definition) is 2. The van der Waals surface area contributed by atoms with E-state index >= 15 is 0 Å². The first-order valence-electron chi connectivity index (χ1n) is 6.68. The smallest absolute Gasteiger partial charge is 0.226 e. The van der Waals surface area contributed by atoms with Crippen molar-refractivity contribution < 1.29 is 4.79 Å². The van der Waals surface area contributed by atoms with Crippen LogP contribution in [0.3, 0.4) is 0 Å². The van der Waals surface area contributed by atoms with Gasteiger partial charge in [-0.25, -0.2) is 15.0 Å². The minimum atomic E-state index is -0.0810. The van der Waals surface area contributed by atoms with Gasteiger partial charge in [0.15, 0.2) is 5.16 Å². The van der Waals surface area contributed by atoms with Crippen LogP contribution in [0.15, 0.2) is 29.7 Å². The number of anilines is 2. The Morgan fingerprint density at radius 1 is 1.38 bits per heavy atom. The lowest BCUT2D eigenvalue weighted by Crippen LogP contribution is -2.25. The minimum absolute atomic E-state index is 0.0717. The van der Waals surface area contributed by atoms with Crippen LogP contribution in [0.5, 0.6) is 0 Å². The Morgan fingerprint density at radius 3 is 2.86 bits per heavy atom. The van der Waals surface area contributed by atoms with E-state index in [0.717, 1.165) is 22.0 Å². The molecule has 3 N–H and O–H groups in total. The second-order valence-corrected chi connectivity index (χ2v) is 5.94. The van der Waals surface area contributed by atoms with Crippen molar-refractivity contribution in [1.29, 1.82) is 0 Å². The summed E-state index contributed by atoms with van der Waals surface area (Å²) in [7, 11) is 0. The average Bonchev–Trinajstić information content (AvgIpc) is 2.47. The highest BCUT2D eigenvalue weighted by Crippen LogP contribution is 2.36. The maximum absolute atomic E-state index is 11.9. The van der Waals surface area contributed by atoms with Gasteiger partial charge in [0, 0.05) is 30.3 Å². The van der Waals surface area contributed by atoms with Gasteiger partial charge in [-0.15, -0.1) is 0 Å². The topological polar surface area (TPSA) is 93.8 Å². The molecule has 0 aromatic carbocycles. The van der Waals surface area contributed by atoms with Crippen molar-refractivity contribution in [1.82, 2.24) is 15.0 Å². The number of fused-ring (bicyclic) bond motifs is 1. The monoisotopic (exact) mass is 301 g/mol. The zero-order valence-corrected chi connectivity index (χ0v) is 12.4. The first-order chi connectivity index (χ1) is 10.2. The number of nitrogens with zero attached hydrogens (tertiary/aromatic N) is 3. The highest BCUT2D eigenvalue weighted by molar-refractivity contribution is 7.99. The number of aromatic nitrogens is 3. The molecule has 0 saturated carbocycles. The predicted molar refractivity (Wildman–Crippen MR) is 82.2 cm³/mol. The zero-order valence-electron chi connectivity index (χ0n) is 11.5. The van der Waals surface area contributed by atoms with Gasteiger partial charge in [-0.05, 0) is 17.4 Å². The van der Waals surface area contributed by atoms with Crippen molar-refractivity contribution in [2.75, 3.05) is 16.8 Å². The fraction of sp³-hybridized carbons (Fsp3) is 0.286. The molecule has 0 spiro atoms. The lowest BCUT2D eigenvalue weighted by molar-refractivity contribution is -0.116. The van der Waals surface area contributed by atoms with E-state index in [9.17, 15) is 4.79 Å². The molecular formula is C14H15N5OS. The fourth-order valence-corrected chi connectivity index (χ4v) is 2.86. The molecule has 3 heterocycles. The number of amides is 1. The first-order valence-corrected chi connectivity index (χ1v) is 7.67. The molecule has 1 aliphatic rings. The van der Waals surface area contributed by atoms with Crippen molar-refractivity contribution >= 4 is 29.3 Å². The third-order valence-corrected chi connectivity index (χ3v) is 4.05. The lowest BCUT2D eigenvalue weighted by Gasteiger charge is -2.24. The van der Waals surface area contributed by atoms with Gasteiger partial charge in [-0.3, -0.25) is 4.79 Å². The lowest BCUT2D eigenvalue weighted by atomic mass is 9.88. The van der Waals surface area contributed by atoms with Crippen LogP contribution >= 0.6 is 11.8 Å². The Hall–Kier alpha value is -2.15. The van der Waals surface area contributed by atoms with Crippen LogP contribution in [0.25, 0.3) is 0 Å². The van der Waals surface area contributed by atoms with Gasteiger partial charge in [-0.2, -0.15) is 0 Å². The number of pyridine rings is 1. The molecule has 1 amide bonds. The van der Waals surface area contributed by atoms with Crippen molar-refractivity contribution in [3.8, 4) is 0 Å². The molecule has 1 aliphatic heterocycles. The molecule has 0 aliphatic carbocycles. The number of thioether (sulfide) groups is 1. The molecule has 7 heteroatoms. The molecule has 0 fully saturated rings. The Morgan fingerprint density at radius 2 is 2.14 bits per heavy atom. The summed E-state index contributed by atoms with van der Waals surface area (Å²) < 4.78 is 0. The van der Waals surface area contributed by atoms with E-state index in [2.05, 4.69) is 27.2 Å². The average molecular weight is 301 g/mol. The van der Waals surface area contributed by atoms with E-state index in [4.69, 9.17) is 5.73 Å². The molecule has 1 atom stereocenters. The van der Waals surface area contributed by atoms with Gasteiger partial charge < -0.3 is 11.1 Å². The number of rotatable bonds is 3. The standard InChI is InChI=1S/C14H15N5OS/c1-2-21-14-16-6-8(7-17-14)10-5-12(20)19-13-9(10)3-4-11(15)18-13/h3-4,6-7,10H,2,5H2,1H3,(H3,15,18,19,20). The SMILES string of the molecule is CCSc1ncc(C2CC(=O)Nc3nc(N)ccc32)cn1. The van der Waals surface area contributed by atoms with Crippen LogP contribution < -0.4 is 11.1 Å². The predicted octanol–water partition coefficient (Wildman–Crippen LogP) is 2.04. The Kier molecular flexibility index (Phi) is 3.74. The maximum Gasteiger partial charge on any atom is 0.226 e. The normalized spacial score (nSPS) is 17.2. The maximum atomic E-state index is 11.9. The molecule has 0 bridgehead atoms. The van der Waals surface area contributed by atoms with Crippen LogP contribution in [0.1, 0.15) is 30.4 Å². The minimum Gasteiger partial charge on any atom is -0.384 e. The summed E-state index contributed by atoms with van der Waals surface area (Å²) in [5.41, 5.74) is 7.54. The van der Waals surface area contributed by atoms with Crippen molar-refractivity contribution in [3.63, 3.8) is 0 Å². The molecule has 108 valence electrons. The first kappa shape index (κ1) is 13.8. The summed E-state index contributed by atoms with van der Waals surface area (Å²) in [6.45, 7) is 2.06. The number of hydrogen-bond acceptors (Lipinski definition) is 6. The Balaban J connectivity index is 1.97. The van der Waals surface area contributed by atoms with Gasteiger partial charge >= 0.3 is 0 Å². The highest BCUT2D eigenvalue weighted by Gasteiger charge is 2.28. The van der Waals surface area contributed by atoms with Crippen LogP contribution in [0.2, 0.25) is 0 Å². The van der Waals surface area contributed by atoms with Crippen LogP contribution in [-0.2, 0) is 4.79 Å². The number of nitrogens with two attached hydrogens (primary N) is 1. The summed E-state index contributed by atoms with van der Waals surface area (Å²) in [5, 5.41) is 3.50. The molecule has 1 unspecified atom stereocenters. The van der Waals surface area contributed by atoms with Gasteiger partial charge in [0.1, 0.15) is 11.6 Å². The molecule has 3 rings (SSSR count). The Bertz CT molecular complexity index is 674.